The van der Waals surface area contributed by atoms with Gasteiger partial charge in [-0.1, -0.05) is 11.3 Å². The number of hydrogen-bond acceptors (Lipinski definition) is 7. The Morgan fingerprint density at radius 3 is 2.68 bits per heavy atom. The van der Waals surface area contributed by atoms with Crippen LogP contribution >= 0.6 is 11.3 Å². The zero-order valence-corrected chi connectivity index (χ0v) is 13.5. The molecule has 0 fully saturated rings. The van der Waals surface area contributed by atoms with Crippen molar-refractivity contribution in [2.45, 2.75) is 0 Å². The van der Waals surface area contributed by atoms with E-state index in [1.807, 2.05) is 0 Å². The van der Waals surface area contributed by atoms with Crippen LogP contribution in [0.3, 0.4) is 0 Å². The van der Waals surface area contributed by atoms with Crippen LogP contribution in [0.2, 0.25) is 0 Å². The predicted octanol–water partition coefficient (Wildman–Crippen LogP) is 3.00. The Bertz CT molecular complexity index is 891. The first-order valence-electron chi connectivity index (χ1n) is 7.11. The lowest BCUT2D eigenvalue weighted by atomic mass is 10.2. The Labute approximate surface area is 145 Å². The summed E-state index contributed by atoms with van der Waals surface area (Å²) in [5, 5.41) is 21.6. The molecule has 0 N–H and O–H groups in total. The summed E-state index contributed by atoms with van der Waals surface area (Å²) < 4.78 is 5.42. The van der Waals surface area contributed by atoms with Gasteiger partial charge in [-0.05, 0) is 18.2 Å². The number of nitro groups is 2. The fourth-order valence-corrected chi connectivity index (χ4v) is 3.05. The number of carbonyl (C=O) groups is 1. The van der Waals surface area contributed by atoms with Crippen LogP contribution in [0.1, 0.15) is 4.88 Å². The van der Waals surface area contributed by atoms with Gasteiger partial charge >= 0.3 is 5.00 Å². The molecule has 2 aromatic rings. The van der Waals surface area contributed by atoms with E-state index in [4.69, 9.17) is 4.74 Å². The molecule has 0 unspecified atom stereocenters. The molecular weight excluding hydrogens is 350 g/mol. The molecule has 1 aromatic heterocycles. The number of nitro benzene ring substituents is 1. The van der Waals surface area contributed by atoms with E-state index in [-0.39, 0.29) is 29.7 Å². The maximum Gasteiger partial charge on any atom is 0.324 e. The molecule has 0 atom stereocenters. The van der Waals surface area contributed by atoms with Crippen LogP contribution in [0, 0.1) is 20.2 Å². The molecule has 128 valence electrons. The molecule has 9 nitrogen and oxygen atoms in total. The molecule has 10 heteroatoms. The van der Waals surface area contributed by atoms with Crippen LogP contribution in [0.15, 0.2) is 36.4 Å². The van der Waals surface area contributed by atoms with Gasteiger partial charge in [0.1, 0.15) is 12.4 Å². The normalized spacial score (nSPS) is 13.4. The van der Waals surface area contributed by atoms with E-state index < -0.39 is 9.85 Å². The first-order valence-corrected chi connectivity index (χ1v) is 7.92. The van der Waals surface area contributed by atoms with Crippen molar-refractivity contribution in [1.82, 2.24) is 0 Å². The molecule has 1 aliphatic rings. The minimum absolute atomic E-state index is 0.0144. The van der Waals surface area contributed by atoms with Crippen molar-refractivity contribution in [3.8, 4) is 5.75 Å². The van der Waals surface area contributed by atoms with Gasteiger partial charge in [-0.15, -0.1) is 0 Å². The summed E-state index contributed by atoms with van der Waals surface area (Å²) in [7, 11) is 0. The summed E-state index contributed by atoms with van der Waals surface area (Å²) in [5.74, 6) is 0.00598. The standard InChI is InChI=1S/C15H11N3O6S/c19-14(5-2-11-3-6-15(25-11)18(22)23)16-7-8-24-13-4-1-10(17(20)21)9-12(13)16/h1-6,9H,7-8H2/b5-2+. The highest BCUT2D eigenvalue weighted by Crippen LogP contribution is 2.35. The lowest BCUT2D eigenvalue weighted by Crippen LogP contribution is -2.36. The molecule has 0 aliphatic carbocycles. The minimum Gasteiger partial charge on any atom is -0.490 e. The predicted molar refractivity (Wildman–Crippen MR) is 91.0 cm³/mol. The summed E-state index contributed by atoms with van der Waals surface area (Å²) in [6.45, 7) is 0.525. The maximum atomic E-state index is 12.4. The molecule has 0 bridgehead atoms. The van der Waals surface area contributed by atoms with E-state index in [9.17, 15) is 25.0 Å². The van der Waals surface area contributed by atoms with Gasteiger partial charge in [-0.3, -0.25) is 25.0 Å². The van der Waals surface area contributed by atoms with Gasteiger partial charge in [0.15, 0.2) is 0 Å². The highest BCUT2D eigenvalue weighted by molar-refractivity contribution is 7.16. The lowest BCUT2D eigenvalue weighted by molar-refractivity contribution is -0.384. The molecule has 0 radical (unpaired) electrons. The number of nitrogens with zero attached hydrogens (tertiary/aromatic N) is 3. The van der Waals surface area contributed by atoms with E-state index in [1.165, 1.54) is 41.3 Å². The third-order valence-corrected chi connectivity index (χ3v) is 4.47. The molecule has 1 aliphatic heterocycles. The second-order valence-corrected chi connectivity index (χ2v) is 6.11. The summed E-state index contributed by atoms with van der Waals surface area (Å²) in [4.78, 5) is 34.9. The Kier molecular flexibility index (Phi) is 4.44. The topological polar surface area (TPSA) is 116 Å². The molecular formula is C15H11N3O6S. The fourth-order valence-electron chi connectivity index (χ4n) is 2.32. The van der Waals surface area contributed by atoms with Crippen LogP contribution in [0.5, 0.6) is 5.75 Å². The minimum atomic E-state index is -0.543. The van der Waals surface area contributed by atoms with Crippen molar-refractivity contribution in [3.63, 3.8) is 0 Å². The van der Waals surface area contributed by atoms with Crippen LogP contribution in [-0.2, 0) is 4.79 Å². The van der Waals surface area contributed by atoms with Crippen molar-refractivity contribution >= 4 is 39.7 Å². The van der Waals surface area contributed by atoms with Crippen molar-refractivity contribution < 1.29 is 19.4 Å². The highest BCUT2D eigenvalue weighted by atomic mass is 32.1. The number of anilines is 1. The largest absolute Gasteiger partial charge is 0.490 e. The second kappa shape index (κ2) is 6.69. The Morgan fingerprint density at radius 1 is 1.20 bits per heavy atom. The van der Waals surface area contributed by atoms with Crippen molar-refractivity contribution in [1.29, 1.82) is 0 Å². The van der Waals surface area contributed by atoms with Gasteiger partial charge in [0.05, 0.1) is 22.1 Å². The van der Waals surface area contributed by atoms with Gasteiger partial charge in [0.2, 0.25) is 0 Å². The van der Waals surface area contributed by atoms with E-state index >= 15 is 0 Å². The van der Waals surface area contributed by atoms with Gasteiger partial charge in [0, 0.05) is 29.2 Å². The molecule has 25 heavy (non-hydrogen) atoms. The number of ether oxygens (including phenoxy) is 1. The number of benzene rings is 1. The van der Waals surface area contributed by atoms with E-state index in [0.717, 1.165) is 11.3 Å². The van der Waals surface area contributed by atoms with E-state index in [1.54, 1.807) is 6.07 Å². The fraction of sp³-hybridized carbons (Fsp3) is 0.133. The summed E-state index contributed by atoms with van der Waals surface area (Å²) in [6, 6.07) is 6.97. The number of amides is 1. The van der Waals surface area contributed by atoms with Gasteiger partial charge in [-0.2, -0.15) is 0 Å². The molecule has 0 saturated carbocycles. The van der Waals surface area contributed by atoms with Gasteiger partial charge in [0.25, 0.3) is 11.6 Å². The van der Waals surface area contributed by atoms with Gasteiger partial charge < -0.3 is 9.64 Å². The molecule has 1 aromatic carbocycles. The van der Waals surface area contributed by atoms with E-state index in [2.05, 4.69) is 0 Å². The number of fused-ring (bicyclic) bond motifs is 1. The van der Waals surface area contributed by atoms with Crippen LogP contribution in [-0.4, -0.2) is 28.9 Å². The van der Waals surface area contributed by atoms with Crippen molar-refractivity contribution in [3.05, 3.63) is 61.5 Å². The quantitative estimate of drug-likeness (QED) is 0.469. The maximum absolute atomic E-state index is 12.4. The first-order chi connectivity index (χ1) is 12.0. The summed E-state index contributed by atoms with van der Waals surface area (Å²) >= 11 is 0.951. The third kappa shape index (κ3) is 3.48. The molecule has 0 spiro atoms. The second-order valence-electron chi connectivity index (χ2n) is 5.01. The Hall–Kier alpha value is -3.27. The van der Waals surface area contributed by atoms with Crippen molar-refractivity contribution in [2.24, 2.45) is 0 Å². The number of carbonyl (C=O) groups excluding carboxylic acids is 1. The zero-order chi connectivity index (χ0) is 18.0. The summed E-state index contributed by atoms with van der Waals surface area (Å²) in [5.41, 5.74) is 0.187. The number of thiophene rings is 1. The molecule has 1 amide bonds. The molecule has 3 rings (SSSR count). The van der Waals surface area contributed by atoms with Crippen LogP contribution in [0.4, 0.5) is 16.4 Å². The number of non-ortho nitro benzene ring substituents is 1. The molecule has 2 heterocycles. The highest BCUT2D eigenvalue weighted by Gasteiger charge is 2.24. The van der Waals surface area contributed by atoms with Gasteiger partial charge in [-0.25, -0.2) is 0 Å². The smallest absolute Gasteiger partial charge is 0.324 e. The number of rotatable bonds is 4. The van der Waals surface area contributed by atoms with E-state index in [0.29, 0.717) is 16.3 Å². The monoisotopic (exact) mass is 361 g/mol. The summed E-state index contributed by atoms with van der Waals surface area (Å²) in [6.07, 6.45) is 2.76. The number of hydrogen-bond donors (Lipinski definition) is 0. The van der Waals surface area contributed by atoms with Crippen LogP contribution in [0.25, 0.3) is 6.08 Å². The lowest BCUT2D eigenvalue weighted by Gasteiger charge is -2.28. The average molecular weight is 361 g/mol. The SMILES string of the molecule is O=C(/C=C/c1ccc([N+](=O)[O-])s1)N1CCOc2ccc([N+](=O)[O-])cc21. The Balaban J connectivity index is 1.83. The van der Waals surface area contributed by atoms with Crippen molar-refractivity contribution in [2.75, 3.05) is 18.1 Å². The zero-order valence-electron chi connectivity index (χ0n) is 12.7. The Morgan fingerprint density at radius 2 is 2.00 bits per heavy atom. The average Bonchev–Trinajstić information content (AvgIpc) is 3.08. The first kappa shape index (κ1) is 16.6. The van der Waals surface area contributed by atoms with Crippen LogP contribution < -0.4 is 9.64 Å². The third-order valence-electron chi connectivity index (χ3n) is 3.47. The molecule has 0 saturated heterocycles.